The Bertz CT molecular complexity index is 403. The predicted molar refractivity (Wildman–Crippen MR) is 64.5 cm³/mol. The van der Waals surface area contributed by atoms with Crippen molar-refractivity contribution < 1.29 is 19.1 Å². The summed E-state index contributed by atoms with van der Waals surface area (Å²) in [7, 11) is 1.26. The number of hydrogen-bond donors (Lipinski definition) is 0. The van der Waals surface area contributed by atoms with Crippen molar-refractivity contribution in [1.29, 1.82) is 0 Å². The first-order valence-electron chi connectivity index (χ1n) is 5.71. The van der Waals surface area contributed by atoms with Gasteiger partial charge in [-0.05, 0) is 18.1 Å². The van der Waals surface area contributed by atoms with E-state index in [9.17, 15) is 9.59 Å². The quantitative estimate of drug-likeness (QED) is 0.747. The predicted octanol–water partition coefficient (Wildman–Crippen LogP) is 1.88. The van der Waals surface area contributed by atoms with Crippen LogP contribution in [0.15, 0.2) is 24.5 Å². The van der Waals surface area contributed by atoms with Crippen molar-refractivity contribution in [2.24, 2.45) is 5.92 Å². The number of methoxy groups -OCH3 is 1. The highest BCUT2D eigenvalue weighted by Gasteiger charge is 2.25. The first-order chi connectivity index (χ1) is 8.54. The number of nitrogens with zero attached hydrogens (tertiary/aromatic N) is 1. The second-order valence-corrected chi connectivity index (χ2v) is 4.27. The fraction of sp³-hybridized carbons (Fsp3) is 0.462. The fourth-order valence-corrected chi connectivity index (χ4v) is 1.41. The summed E-state index contributed by atoms with van der Waals surface area (Å²) in [6.07, 6.45) is 2.30. The molecule has 18 heavy (non-hydrogen) atoms. The van der Waals surface area contributed by atoms with Gasteiger partial charge in [0.05, 0.1) is 7.11 Å². The summed E-state index contributed by atoms with van der Waals surface area (Å²) in [5.74, 6) is -0.844. The third-order valence-electron chi connectivity index (χ3n) is 2.25. The average Bonchev–Trinajstić information content (AvgIpc) is 2.35. The first-order valence-corrected chi connectivity index (χ1v) is 5.71. The number of carbonyl (C=O) groups is 2. The highest BCUT2D eigenvalue weighted by atomic mass is 16.6. The molecule has 0 radical (unpaired) electrons. The molecule has 0 saturated carbocycles. The standard InChI is InChI=1S/C13H17NO4/c1-9(2)8-11(15)18-12(13(16)17-3)10-4-6-14-7-5-10/h4-7,9,12H,8H2,1-3H3. The van der Waals surface area contributed by atoms with Gasteiger partial charge in [0, 0.05) is 24.4 Å². The van der Waals surface area contributed by atoms with Crippen LogP contribution >= 0.6 is 0 Å². The molecule has 0 spiro atoms. The maximum atomic E-state index is 11.6. The zero-order valence-electron chi connectivity index (χ0n) is 10.8. The van der Waals surface area contributed by atoms with Gasteiger partial charge in [-0.1, -0.05) is 13.8 Å². The summed E-state index contributed by atoms with van der Waals surface area (Å²) in [6.45, 7) is 3.81. The maximum absolute atomic E-state index is 11.6. The summed E-state index contributed by atoms with van der Waals surface area (Å²) in [4.78, 5) is 27.1. The number of aromatic nitrogens is 1. The van der Waals surface area contributed by atoms with Gasteiger partial charge >= 0.3 is 11.9 Å². The lowest BCUT2D eigenvalue weighted by Gasteiger charge is -2.16. The molecule has 0 aromatic carbocycles. The van der Waals surface area contributed by atoms with Crippen LogP contribution < -0.4 is 0 Å². The third-order valence-corrected chi connectivity index (χ3v) is 2.25. The second kappa shape index (κ2) is 6.74. The van der Waals surface area contributed by atoms with Crippen LogP contribution in [0, 0.1) is 5.92 Å². The van der Waals surface area contributed by atoms with Gasteiger partial charge in [-0.25, -0.2) is 4.79 Å². The highest BCUT2D eigenvalue weighted by Crippen LogP contribution is 2.19. The van der Waals surface area contributed by atoms with Gasteiger partial charge in [0.25, 0.3) is 0 Å². The zero-order chi connectivity index (χ0) is 13.5. The SMILES string of the molecule is COC(=O)C(OC(=O)CC(C)C)c1ccncc1. The second-order valence-electron chi connectivity index (χ2n) is 4.27. The maximum Gasteiger partial charge on any atom is 0.351 e. The van der Waals surface area contributed by atoms with Crippen LogP contribution in [0.2, 0.25) is 0 Å². The van der Waals surface area contributed by atoms with Crippen LogP contribution in [0.1, 0.15) is 31.9 Å². The molecule has 98 valence electrons. The molecule has 0 bridgehead atoms. The van der Waals surface area contributed by atoms with Crippen molar-refractivity contribution in [3.05, 3.63) is 30.1 Å². The Morgan fingerprint density at radius 3 is 2.39 bits per heavy atom. The van der Waals surface area contributed by atoms with E-state index in [0.29, 0.717) is 5.56 Å². The molecular weight excluding hydrogens is 234 g/mol. The fourth-order valence-electron chi connectivity index (χ4n) is 1.41. The van der Waals surface area contributed by atoms with Crippen molar-refractivity contribution in [3.8, 4) is 0 Å². The van der Waals surface area contributed by atoms with Crippen LogP contribution in [0.25, 0.3) is 0 Å². The Morgan fingerprint density at radius 1 is 1.28 bits per heavy atom. The van der Waals surface area contributed by atoms with Gasteiger partial charge in [-0.3, -0.25) is 9.78 Å². The van der Waals surface area contributed by atoms with Crippen LogP contribution in [0.4, 0.5) is 0 Å². The van der Waals surface area contributed by atoms with Gasteiger partial charge in [-0.2, -0.15) is 0 Å². The van der Waals surface area contributed by atoms with E-state index in [1.54, 1.807) is 12.1 Å². The molecule has 1 aromatic heterocycles. The van der Waals surface area contributed by atoms with Gasteiger partial charge in [-0.15, -0.1) is 0 Å². The molecule has 1 unspecified atom stereocenters. The Hall–Kier alpha value is -1.91. The summed E-state index contributed by atoms with van der Waals surface area (Å²) < 4.78 is 9.79. The number of hydrogen-bond acceptors (Lipinski definition) is 5. The summed E-state index contributed by atoms with van der Waals surface area (Å²) in [5, 5.41) is 0. The number of carbonyl (C=O) groups excluding carboxylic acids is 2. The Kier molecular flexibility index (Phi) is 5.30. The number of pyridine rings is 1. The van der Waals surface area contributed by atoms with E-state index in [-0.39, 0.29) is 12.3 Å². The first kappa shape index (κ1) is 14.2. The molecule has 0 saturated heterocycles. The van der Waals surface area contributed by atoms with Gasteiger partial charge < -0.3 is 9.47 Å². The van der Waals surface area contributed by atoms with Gasteiger partial charge in [0.2, 0.25) is 6.10 Å². The molecule has 1 atom stereocenters. The largest absolute Gasteiger partial charge is 0.466 e. The molecule has 0 N–H and O–H groups in total. The van der Waals surface area contributed by atoms with Crippen LogP contribution in [-0.4, -0.2) is 24.0 Å². The monoisotopic (exact) mass is 251 g/mol. The number of rotatable bonds is 5. The Morgan fingerprint density at radius 2 is 1.89 bits per heavy atom. The number of ether oxygens (including phenoxy) is 2. The molecule has 1 aromatic rings. The number of esters is 2. The third kappa shape index (κ3) is 4.16. The lowest BCUT2D eigenvalue weighted by atomic mass is 10.1. The van der Waals surface area contributed by atoms with E-state index in [0.717, 1.165) is 0 Å². The molecule has 0 amide bonds. The zero-order valence-corrected chi connectivity index (χ0v) is 10.8. The van der Waals surface area contributed by atoms with E-state index in [1.807, 2.05) is 13.8 Å². The molecule has 0 aliphatic carbocycles. The highest BCUT2D eigenvalue weighted by molar-refractivity contribution is 5.80. The minimum atomic E-state index is -1.02. The molecule has 0 aliphatic heterocycles. The topological polar surface area (TPSA) is 65.5 Å². The lowest BCUT2D eigenvalue weighted by Crippen LogP contribution is -2.21. The molecule has 1 rings (SSSR count). The molecular formula is C13H17NO4. The Labute approximate surface area is 106 Å². The summed E-state index contributed by atoms with van der Waals surface area (Å²) in [5.41, 5.74) is 0.550. The summed E-state index contributed by atoms with van der Waals surface area (Å²) in [6, 6.07) is 3.23. The van der Waals surface area contributed by atoms with Crippen molar-refractivity contribution in [2.75, 3.05) is 7.11 Å². The van der Waals surface area contributed by atoms with Gasteiger partial charge in [0.1, 0.15) is 0 Å². The average molecular weight is 251 g/mol. The van der Waals surface area contributed by atoms with Crippen molar-refractivity contribution in [1.82, 2.24) is 4.98 Å². The molecule has 0 aliphatic rings. The van der Waals surface area contributed by atoms with Crippen molar-refractivity contribution in [3.63, 3.8) is 0 Å². The molecule has 1 heterocycles. The summed E-state index contributed by atoms with van der Waals surface area (Å²) >= 11 is 0. The van der Waals surface area contributed by atoms with Crippen molar-refractivity contribution >= 4 is 11.9 Å². The van der Waals surface area contributed by atoms with E-state index < -0.39 is 18.0 Å². The van der Waals surface area contributed by atoms with E-state index >= 15 is 0 Å². The molecule has 5 heteroatoms. The lowest BCUT2D eigenvalue weighted by molar-refractivity contribution is -0.167. The van der Waals surface area contributed by atoms with Gasteiger partial charge in [0.15, 0.2) is 0 Å². The molecule has 5 nitrogen and oxygen atoms in total. The smallest absolute Gasteiger partial charge is 0.351 e. The minimum Gasteiger partial charge on any atom is -0.466 e. The van der Waals surface area contributed by atoms with E-state index in [1.165, 1.54) is 19.5 Å². The minimum absolute atomic E-state index is 0.174. The van der Waals surface area contributed by atoms with Crippen molar-refractivity contribution in [2.45, 2.75) is 26.4 Å². The van der Waals surface area contributed by atoms with Crippen LogP contribution in [0.5, 0.6) is 0 Å². The molecule has 0 fully saturated rings. The normalized spacial score (nSPS) is 12.0. The van der Waals surface area contributed by atoms with Crippen LogP contribution in [0.3, 0.4) is 0 Å². The Balaban J connectivity index is 2.80. The van der Waals surface area contributed by atoms with Crippen LogP contribution in [-0.2, 0) is 19.1 Å². The van der Waals surface area contributed by atoms with E-state index in [4.69, 9.17) is 4.74 Å². The van der Waals surface area contributed by atoms with E-state index in [2.05, 4.69) is 9.72 Å².